The zero-order chi connectivity index (χ0) is 18.3. The van der Waals surface area contributed by atoms with Crippen molar-refractivity contribution in [3.63, 3.8) is 0 Å². The van der Waals surface area contributed by atoms with Crippen LogP contribution in [0.4, 0.5) is 0 Å². The maximum Gasteiger partial charge on any atom is 0.269 e. The van der Waals surface area contributed by atoms with Gasteiger partial charge in [-0.1, -0.05) is 59.6 Å². The first kappa shape index (κ1) is 16.8. The van der Waals surface area contributed by atoms with E-state index in [1.807, 2.05) is 37.3 Å². The van der Waals surface area contributed by atoms with Crippen molar-refractivity contribution < 1.29 is 8.42 Å². The van der Waals surface area contributed by atoms with E-state index in [9.17, 15) is 8.42 Å². The molecule has 0 radical (unpaired) electrons. The van der Waals surface area contributed by atoms with E-state index in [2.05, 4.69) is 4.98 Å². The molecule has 0 atom stereocenters. The summed E-state index contributed by atoms with van der Waals surface area (Å²) in [5.41, 5.74) is 2.74. The van der Waals surface area contributed by atoms with E-state index < -0.39 is 10.0 Å². The molecule has 0 bridgehead atoms. The molecular weight excluding hydrogens is 368 g/mol. The van der Waals surface area contributed by atoms with Crippen molar-refractivity contribution in [2.24, 2.45) is 0 Å². The van der Waals surface area contributed by atoms with Gasteiger partial charge in [-0.05, 0) is 37.3 Å². The fourth-order valence-corrected chi connectivity index (χ4v) is 4.49. The highest BCUT2D eigenvalue weighted by molar-refractivity contribution is 7.90. The average Bonchev–Trinajstić information content (AvgIpc) is 3.02. The quantitative estimate of drug-likeness (QED) is 0.506. The predicted octanol–water partition coefficient (Wildman–Crippen LogP) is 4.90. The number of hydrogen-bond donors (Lipinski definition) is 0. The molecule has 26 heavy (non-hydrogen) atoms. The first-order valence-electron chi connectivity index (χ1n) is 8.02. The highest BCUT2D eigenvalue weighted by Crippen LogP contribution is 2.30. The van der Waals surface area contributed by atoms with Gasteiger partial charge >= 0.3 is 0 Å². The lowest BCUT2D eigenvalue weighted by molar-refractivity contribution is 0.589. The number of benzene rings is 3. The number of nitrogens with zero attached hydrogens (tertiary/aromatic N) is 2. The normalized spacial score (nSPS) is 11.8. The summed E-state index contributed by atoms with van der Waals surface area (Å²) in [6, 6.07) is 21.1. The molecule has 0 aliphatic carbocycles. The van der Waals surface area contributed by atoms with Crippen LogP contribution in [0.15, 0.2) is 77.7 Å². The lowest BCUT2D eigenvalue weighted by Gasteiger charge is -2.11. The van der Waals surface area contributed by atoms with Crippen LogP contribution in [0.1, 0.15) is 5.56 Å². The SMILES string of the molecule is Cc1ccc(S(=O)(=O)n2c(-c3ccccc3)nc3ccc(Cl)cc32)cc1. The lowest BCUT2D eigenvalue weighted by atomic mass is 10.2. The van der Waals surface area contributed by atoms with Gasteiger partial charge in [0.15, 0.2) is 5.82 Å². The summed E-state index contributed by atoms with van der Waals surface area (Å²) in [5.74, 6) is 0.364. The Balaban J connectivity index is 2.07. The molecule has 0 unspecified atom stereocenters. The van der Waals surface area contributed by atoms with Gasteiger partial charge in [0.1, 0.15) is 0 Å². The van der Waals surface area contributed by atoms with Crippen molar-refractivity contribution in [2.75, 3.05) is 0 Å². The summed E-state index contributed by atoms with van der Waals surface area (Å²) in [7, 11) is -3.84. The van der Waals surface area contributed by atoms with Gasteiger partial charge in [0, 0.05) is 10.6 Å². The summed E-state index contributed by atoms with van der Waals surface area (Å²) >= 11 is 6.13. The van der Waals surface area contributed by atoms with Crippen LogP contribution in [0.3, 0.4) is 0 Å². The van der Waals surface area contributed by atoms with E-state index in [1.165, 1.54) is 3.97 Å². The van der Waals surface area contributed by atoms with Gasteiger partial charge < -0.3 is 0 Å². The third-order valence-electron chi connectivity index (χ3n) is 4.17. The highest BCUT2D eigenvalue weighted by atomic mass is 35.5. The summed E-state index contributed by atoms with van der Waals surface area (Å²) in [6.45, 7) is 1.91. The van der Waals surface area contributed by atoms with E-state index >= 15 is 0 Å². The molecule has 0 N–H and O–H groups in total. The number of aryl methyl sites for hydroxylation is 1. The van der Waals surface area contributed by atoms with E-state index in [4.69, 9.17) is 11.6 Å². The van der Waals surface area contributed by atoms with Crippen molar-refractivity contribution in [3.8, 4) is 11.4 Å². The van der Waals surface area contributed by atoms with E-state index in [-0.39, 0.29) is 4.90 Å². The van der Waals surface area contributed by atoms with Crippen molar-refractivity contribution >= 4 is 32.7 Å². The fraction of sp³-hybridized carbons (Fsp3) is 0.0500. The van der Waals surface area contributed by atoms with Crippen LogP contribution in [-0.2, 0) is 10.0 Å². The smallest absolute Gasteiger partial charge is 0.227 e. The molecule has 0 spiro atoms. The van der Waals surface area contributed by atoms with Gasteiger partial charge in [-0.3, -0.25) is 0 Å². The third-order valence-corrected chi connectivity index (χ3v) is 6.12. The van der Waals surface area contributed by atoms with Gasteiger partial charge in [-0.2, -0.15) is 0 Å². The largest absolute Gasteiger partial charge is 0.269 e. The Morgan fingerprint density at radius 2 is 1.62 bits per heavy atom. The molecule has 130 valence electrons. The first-order chi connectivity index (χ1) is 12.5. The van der Waals surface area contributed by atoms with Crippen LogP contribution < -0.4 is 0 Å². The Hall–Kier alpha value is -2.63. The Kier molecular flexibility index (Phi) is 4.05. The molecule has 0 amide bonds. The fourth-order valence-electron chi connectivity index (χ4n) is 2.86. The van der Waals surface area contributed by atoms with Crippen LogP contribution in [0, 0.1) is 6.92 Å². The van der Waals surface area contributed by atoms with Crippen LogP contribution >= 0.6 is 11.6 Å². The Morgan fingerprint density at radius 3 is 2.31 bits per heavy atom. The minimum absolute atomic E-state index is 0.208. The molecule has 0 aliphatic rings. The molecule has 0 fully saturated rings. The van der Waals surface area contributed by atoms with Crippen molar-refractivity contribution in [1.29, 1.82) is 0 Å². The van der Waals surface area contributed by atoms with Crippen LogP contribution in [0.2, 0.25) is 5.02 Å². The molecule has 3 aromatic carbocycles. The molecule has 0 saturated heterocycles. The van der Waals surface area contributed by atoms with E-state index in [1.54, 1.807) is 42.5 Å². The second-order valence-corrected chi connectivity index (χ2v) is 8.24. The minimum atomic E-state index is -3.84. The van der Waals surface area contributed by atoms with E-state index in [0.29, 0.717) is 21.9 Å². The minimum Gasteiger partial charge on any atom is -0.227 e. The molecule has 0 aliphatic heterocycles. The van der Waals surface area contributed by atoms with Gasteiger partial charge in [-0.25, -0.2) is 17.4 Å². The number of hydrogen-bond acceptors (Lipinski definition) is 3. The zero-order valence-electron chi connectivity index (χ0n) is 13.9. The lowest BCUT2D eigenvalue weighted by Crippen LogP contribution is -2.14. The molecule has 1 aromatic heterocycles. The maximum absolute atomic E-state index is 13.4. The number of halogens is 1. The second kappa shape index (κ2) is 6.27. The Labute approximate surface area is 156 Å². The first-order valence-corrected chi connectivity index (χ1v) is 9.84. The second-order valence-electron chi connectivity index (χ2n) is 6.02. The van der Waals surface area contributed by atoms with Gasteiger partial charge in [0.2, 0.25) is 0 Å². The molecule has 4 nitrogen and oxygen atoms in total. The number of rotatable bonds is 3. The molecule has 0 saturated carbocycles. The molecule has 4 aromatic rings. The number of imidazole rings is 1. The van der Waals surface area contributed by atoms with E-state index in [0.717, 1.165) is 11.1 Å². The standard InChI is InChI=1S/C20H15ClN2O2S/c1-14-7-10-17(11-8-14)26(24,25)23-19-13-16(21)9-12-18(19)22-20(23)15-5-3-2-4-6-15/h2-13H,1H3. The Bertz CT molecular complexity index is 1200. The summed E-state index contributed by atoms with van der Waals surface area (Å²) in [6.07, 6.45) is 0. The van der Waals surface area contributed by atoms with Crippen molar-refractivity contribution in [3.05, 3.63) is 83.4 Å². The maximum atomic E-state index is 13.4. The number of aromatic nitrogens is 2. The predicted molar refractivity (Wildman–Crippen MR) is 104 cm³/mol. The monoisotopic (exact) mass is 382 g/mol. The summed E-state index contributed by atoms with van der Waals surface area (Å²) in [5, 5.41) is 0.456. The summed E-state index contributed by atoms with van der Waals surface area (Å²) < 4.78 is 28.1. The number of fused-ring (bicyclic) bond motifs is 1. The van der Waals surface area contributed by atoms with Crippen molar-refractivity contribution in [1.82, 2.24) is 8.96 Å². The molecule has 6 heteroatoms. The van der Waals surface area contributed by atoms with Crippen LogP contribution in [0.5, 0.6) is 0 Å². The zero-order valence-corrected chi connectivity index (χ0v) is 15.5. The van der Waals surface area contributed by atoms with Gasteiger partial charge in [0.25, 0.3) is 10.0 Å². The highest BCUT2D eigenvalue weighted by Gasteiger charge is 2.25. The average molecular weight is 383 g/mol. The van der Waals surface area contributed by atoms with Gasteiger partial charge in [-0.15, -0.1) is 0 Å². The summed E-state index contributed by atoms with van der Waals surface area (Å²) in [4.78, 5) is 4.77. The molecule has 4 rings (SSSR count). The van der Waals surface area contributed by atoms with Crippen molar-refractivity contribution in [2.45, 2.75) is 11.8 Å². The van der Waals surface area contributed by atoms with Crippen LogP contribution in [-0.4, -0.2) is 17.4 Å². The molecular formula is C20H15ClN2O2S. The topological polar surface area (TPSA) is 52.0 Å². The third kappa shape index (κ3) is 2.79. The van der Waals surface area contributed by atoms with Gasteiger partial charge in [0.05, 0.1) is 15.9 Å². The molecule has 1 heterocycles. The Morgan fingerprint density at radius 1 is 0.923 bits per heavy atom. The van der Waals surface area contributed by atoms with Crippen LogP contribution in [0.25, 0.3) is 22.4 Å².